The van der Waals surface area contributed by atoms with Gasteiger partial charge >= 0.3 is 0 Å². The first-order valence-electron chi connectivity index (χ1n) is 2.82. The van der Waals surface area contributed by atoms with Crippen LogP contribution in [0.1, 0.15) is 20.3 Å². The van der Waals surface area contributed by atoms with Crippen LogP contribution in [0, 0.1) is 5.92 Å². The van der Waals surface area contributed by atoms with Crippen molar-refractivity contribution in [3.8, 4) is 0 Å². The summed E-state index contributed by atoms with van der Waals surface area (Å²) < 4.78 is 0. The largest absolute Gasteiger partial charge is 0.299 e. The van der Waals surface area contributed by atoms with Gasteiger partial charge in [-0.2, -0.15) is 0 Å². The molecule has 0 aliphatic rings. The van der Waals surface area contributed by atoms with E-state index in [2.05, 4.69) is 12.6 Å². The van der Waals surface area contributed by atoms with Crippen molar-refractivity contribution in [2.45, 2.75) is 20.3 Å². The maximum atomic E-state index is 10.5. The van der Waals surface area contributed by atoms with E-state index in [4.69, 9.17) is 0 Å². The number of ketones is 1. The zero-order valence-corrected chi connectivity index (χ0v) is 6.44. The van der Waals surface area contributed by atoms with Crippen LogP contribution in [0.4, 0.5) is 0 Å². The van der Waals surface area contributed by atoms with Crippen LogP contribution in [0.5, 0.6) is 0 Å². The summed E-state index contributed by atoms with van der Waals surface area (Å²) in [5.41, 5.74) is 0. The molecule has 0 spiro atoms. The van der Waals surface area contributed by atoms with Crippen LogP contribution >= 0.6 is 12.6 Å². The van der Waals surface area contributed by atoms with Crippen molar-refractivity contribution in [2.24, 2.45) is 5.92 Å². The minimum absolute atomic E-state index is 0.0995. The molecule has 0 bridgehead atoms. The molecule has 1 atom stereocenters. The van der Waals surface area contributed by atoms with Crippen molar-refractivity contribution in [3.05, 3.63) is 0 Å². The van der Waals surface area contributed by atoms with E-state index >= 15 is 0 Å². The van der Waals surface area contributed by atoms with Crippen molar-refractivity contribution in [3.63, 3.8) is 0 Å². The molecule has 0 aliphatic heterocycles. The SMILES string of the molecule is CCC(C(C)=O)C(=O)S. The standard InChI is InChI=1S/C6H10O2S/c1-3-5(4(2)7)6(8)9/h5H,3H2,1-2H3,(H,8,9). The molecule has 0 amide bonds. The average molecular weight is 146 g/mol. The topological polar surface area (TPSA) is 34.1 Å². The molecule has 0 heterocycles. The van der Waals surface area contributed by atoms with Gasteiger partial charge in [0.1, 0.15) is 5.78 Å². The van der Waals surface area contributed by atoms with Crippen molar-refractivity contribution in [2.75, 3.05) is 0 Å². The summed E-state index contributed by atoms with van der Waals surface area (Å²) in [6, 6.07) is 0. The number of hydrogen-bond acceptors (Lipinski definition) is 2. The van der Waals surface area contributed by atoms with Crippen molar-refractivity contribution in [1.82, 2.24) is 0 Å². The highest BCUT2D eigenvalue weighted by molar-refractivity contribution is 7.96. The summed E-state index contributed by atoms with van der Waals surface area (Å²) in [5.74, 6) is -0.592. The minimum atomic E-state index is -0.492. The van der Waals surface area contributed by atoms with Crippen LogP contribution < -0.4 is 0 Å². The summed E-state index contributed by atoms with van der Waals surface area (Å²) in [5, 5.41) is -0.329. The molecule has 52 valence electrons. The quantitative estimate of drug-likeness (QED) is 0.477. The fraction of sp³-hybridized carbons (Fsp3) is 0.667. The number of Topliss-reactive ketones (excluding diaryl/α,β-unsaturated/α-hetero) is 1. The lowest BCUT2D eigenvalue weighted by atomic mass is 10.0. The number of thiol groups is 1. The van der Waals surface area contributed by atoms with E-state index in [0.29, 0.717) is 6.42 Å². The van der Waals surface area contributed by atoms with E-state index in [1.54, 1.807) is 6.92 Å². The van der Waals surface area contributed by atoms with Crippen molar-refractivity contribution in [1.29, 1.82) is 0 Å². The molecular weight excluding hydrogens is 136 g/mol. The van der Waals surface area contributed by atoms with Gasteiger partial charge in [0.05, 0.1) is 5.92 Å². The Morgan fingerprint density at radius 1 is 1.56 bits per heavy atom. The molecule has 0 N–H and O–H groups in total. The van der Waals surface area contributed by atoms with Gasteiger partial charge in [-0.25, -0.2) is 0 Å². The summed E-state index contributed by atoms with van der Waals surface area (Å²) >= 11 is 3.55. The van der Waals surface area contributed by atoms with Crippen LogP contribution in [0.15, 0.2) is 0 Å². The third kappa shape index (κ3) is 2.65. The van der Waals surface area contributed by atoms with Crippen molar-refractivity contribution >= 4 is 23.5 Å². The lowest BCUT2D eigenvalue weighted by Crippen LogP contribution is -2.16. The first-order chi connectivity index (χ1) is 4.09. The maximum Gasteiger partial charge on any atom is 0.196 e. The molecule has 1 unspecified atom stereocenters. The second-order valence-corrected chi connectivity index (χ2v) is 2.35. The van der Waals surface area contributed by atoms with E-state index in [1.807, 2.05) is 0 Å². The molecule has 0 saturated carbocycles. The molecule has 0 rings (SSSR count). The molecule has 0 aromatic rings. The van der Waals surface area contributed by atoms with Gasteiger partial charge in [0.25, 0.3) is 0 Å². The van der Waals surface area contributed by atoms with Gasteiger partial charge in [-0.1, -0.05) is 6.92 Å². The van der Waals surface area contributed by atoms with Crippen LogP contribution in [-0.4, -0.2) is 10.9 Å². The van der Waals surface area contributed by atoms with Crippen LogP contribution in [0.25, 0.3) is 0 Å². The Kier molecular flexibility index (Phi) is 3.54. The summed E-state index contributed by atoms with van der Waals surface area (Å²) in [6.45, 7) is 3.20. The molecular formula is C6H10O2S. The highest BCUT2D eigenvalue weighted by Gasteiger charge is 2.16. The summed E-state index contributed by atoms with van der Waals surface area (Å²) in [7, 11) is 0. The summed E-state index contributed by atoms with van der Waals surface area (Å²) in [4.78, 5) is 21.0. The fourth-order valence-corrected chi connectivity index (χ4v) is 1.00. The Labute approximate surface area is 60.0 Å². The molecule has 0 fully saturated rings. The van der Waals surface area contributed by atoms with E-state index in [1.165, 1.54) is 6.92 Å². The second-order valence-electron chi connectivity index (χ2n) is 1.91. The van der Waals surface area contributed by atoms with Gasteiger partial charge in [-0.15, -0.1) is 12.6 Å². The normalized spacial score (nSPS) is 12.8. The first kappa shape index (κ1) is 8.69. The monoisotopic (exact) mass is 146 g/mol. The van der Waals surface area contributed by atoms with Gasteiger partial charge in [0.2, 0.25) is 0 Å². The lowest BCUT2D eigenvalue weighted by molar-refractivity contribution is -0.127. The average Bonchev–Trinajstić information content (AvgIpc) is 1.64. The smallest absolute Gasteiger partial charge is 0.196 e. The third-order valence-electron chi connectivity index (χ3n) is 1.20. The molecule has 0 radical (unpaired) electrons. The van der Waals surface area contributed by atoms with E-state index in [9.17, 15) is 9.59 Å². The van der Waals surface area contributed by atoms with Gasteiger partial charge in [-0.05, 0) is 13.3 Å². The predicted octanol–water partition coefficient (Wildman–Crippen LogP) is 1.06. The van der Waals surface area contributed by atoms with Crippen LogP contribution in [0.2, 0.25) is 0 Å². The number of carbonyl (C=O) groups excluding carboxylic acids is 2. The molecule has 2 nitrogen and oxygen atoms in total. The predicted molar refractivity (Wildman–Crippen MR) is 38.5 cm³/mol. The molecule has 0 aromatic carbocycles. The zero-order valence-electron chi connectivity index (χ0n) is 5.55. The molecule has 0 aromatic heterocycles. The Morgan fingerprint density at radius 2 is 2.00 bits per heavy atom. The van der Waals surface area contributed by atoms with Crippen molar-refractivity contribution < 1.29 is 9.59 Å². The Balaban J connectivity index is 3.99. The number of carbonyl (C=O) groups is 2. The number of hydrogen-bond donors (Lipinski definition) is 1. The van der Waals surface area contributed by atoms with Gasteiger partial charge in [0, 0.05) is 0 Å². The van der Waals surface area contributed by atoms with Crippen LogP contribution in [0.3, 0.4) is 0 Å². The first-order valence-corrected chi connectivity index (χ1v) is 3.27. The minimum Gasteiger partial charge on any atom is -0.299 e. The van der Waals surface area contributed by atoms with Gasteiger partial charge in [0.15, 0.2) is 5.12 Å². The van der Waals surface area contributed by atoms with E-state index < -0.39 is 5.92 Å². The third-order valence-corrected chi connectivity index (χ3v) is 1.51. The Bertz CT molecular complexity index is 117. The van der Waals surface area contributed by atoms with E-state index in [0.717, 1.165) is 0 Å². The second kappa shape index (κ2) is 3.67. The Morgan fingerprint density at radius 3 is 2.00 bits per heavy atom. The van der Waals surface area contributed by atoms with E-state index in [-0.39, 0.29) is 10.9 Å². The highest BCUT2D eigenvalue weighted by atomic mass is 32.1. The van der Waals surface area contributed by atoms with Gasteiger partial charge in [-0.3, -0.25) is 9.59 Å². The zero-order chi connectivity index (χ0) is 7.44. The molecule has 3 heteroatoms. The van der Waals surface area contributed by atoms with Crippen LogP contribution in [-0.2, 0) is 9.59 Å². The molecule has 0 aliphatic carbocycles. The number of rotatable bonds is 3. The lowest BCUT2D eigenvalue weighted by Gasteiger charge is -2.02. The highest BCUT2D eigenvalue weighted by Crippen LogP contribution is 2.06. The fourth-order valence-electron chi connectivity index (χ4n) is 0.636. The molecule has 0 saturated heterocycles. The molecule has 9 heavy (non-hydrogen) atoms. The van der Waals surface area contributed by atoms with Gasteiger partial charge < -0.3 is 0 Å². The Hall–Kier alpha value is -0.310. The summed E-state index contributed by atoms with van der Waals surface area (Å²) in [6.07, 6.45) is 0.553. The maximum absolute atomic E-state index is 10.5.